The van der Waals surface area contributed by atoms with Gasteiger partial charge in [0.25, 0.3) is 0 Å². The molecule has 9 nitrogen and oxygen atoms in total. The van der Waals surface area contributed by atoms with Crippen molar-refractivity contribution in [2.75, 3.05) is 30.4 Å². The molecule has 0 saturated carbocycles. The van der Waals surface area contributed by atoms with Gasteiger partial charge in [-0.15, -0.1) is 0 Å². The normalized spacial score (nSPS) is 11.2. The van der Waals surface area contributed by atoms with Crippen molar-refractivity contribution in [2.45, 2.75) is 19.9 Å². The third kappa shape index (κ3) is 6.93. The SMILES string of the molecule is CCCOCCNc1nc(-c2cncnc2)ccc1NC(C=O)=NCc1cccnc1. The van der Waals surface area contributed by atoms with Gasteiger partial charge in [-0.1, -0.05) is 13.0 Å². The van der Waals surface area contributed by atoms with Gasteiger partial charge >= 0.3 is 0 Å². The molecular formula is C22H25N7O2. The van der Waals surface area contributed by atoms with Crippen molar-refractivity contribution in [3.63, 3.8) is 0 Å². The molecule has 0 aromatic carbocycles. The molecule has 0 radical (unpaired) electrons. The number of hydrogen-bond donors (Lipinski definition) is 2. The monoisotopic (exact) mass is 419 g/mol. The van der Waals surface area contributed by atoms with Crippen LogP contribution in [0.1, 0.15) is 18.9 Å². The summed E-state index contributed by atoms with van der Waals surface area (Å²) in [5.41, 5.74) is 3.05. The number of hydrogen-bond acceptors (Lipinski definition) is 8. The third-order valence-electron chi connectivity index (χ3n) is 4.17. The lowest BCUT2D eigenvalue weighted by Gasteiger charge is -2.14. The van der Waals surface area contributed by atoms with Crippen molar-refractivity contribution in [1.82, 2.24) is 19.9 Å². The van der Waals surface area contributed by atoms with Crippen LogP contribution in [0.4, 0.5) is 11.5 Å². The highest BCUT2D eigenvalue weighted by atomic mass is 16.5. The molecular weight excluding hydrogens is 394 g/mol. The number of rotatable bonds is 11. The van der Waals surface area contributed by atoms with Crippen LogP contribution >= 0.6 is 0 Å². The Labute approximate surface area is 181 Å². The van der Waals surface area contributed by atoms with Crippen LogP contribution in [0.5, 0.6) is 0 Å². The van der Waals surface area contributed by atoms with Crippen LogP contribution in [0.15, 0.2) is 60.4 Å². The fraction of sp³-hybridized carbons (Fsp3) is 0.273. The summed E-state index contributed by atoms with van der Waals surface area (Å²) < 4.78 is 5.53. The molecule has 0 aliphatic carbocycles. The van der Waals surface area contributed by atoms with Crippen LogP contribution in [0, 0.1) is 0 Å². The number of carbonyl (C=O) groups excluding carboxylic acids is 1. The number of aliphatic imine (C=N–C) groups is 1. The number of carbonyl (C=O) groups is 1. The van der Waals surface area contributed by atoms with Crippen molar-refractivity contribution in [3.05, 3.63) is 60.9 Å². The van der Waals surface area contributed by atoms with Gasteiger partial charge in [0.1, 0.15) is 6.33 Å². The summed E-state index contributed by atoms with van der Waals surface area (Å²) in [6.45, 7) is 4.23. The summed E-state index contributed by atoms with van der Waals surface area (Å²) >= 11 is 0. The Hall–Kier alpha value is -3.72. The van der Waals surface area contributed by atoms with E-state index in [1.807, 2.05) is 24.3 Å². The zero-order valence-corrected chi connectivity index (χ0v) is 17.4. The van der Waals surface area contributed by atoms with Crippen LogP contribution in [-0.2, 0) is 16.1 Å². The number of amidine groups is 1. The minimum atomic E-state index is 0.201. The van der Waals surface area contributed by atoms with Gasteiger partial charge in [0.15, 0.2) is 17.9 Å². The number of nitrogens with zero attached hydrogens (tertiary/aromatic N) is 5. The van der Waals surface area contributed by atoms with E-state index in [1.165, 1.54) is 6.33 Å². The summed E-state index contributed by atoms with van der Waals surface area (Å²) in [6, 6.07) is 7.41. The Kier molecular flexibility index (Phi) is 8.57. The van der Waals surface area contributed by atoms with Crippen LogP contribution in [0.25, 0.3) is 11.3 Å². The molecule has 9 heteroatoms. The Morgan fingerprint density at radius 1 is 1.13 bits per heavy atom. The average Bonchev–Trinajstić information content (AvgIpc) is 2.83. The summed E-state index contributed by atoms with van der Waals surface area (Å²) in [5, 5.41) is 6.33. The standard InChI is InChI=1S/C22H25N7O2/c1-2-9-31-10-8-26-22-20(6-5-19(29-22)18-13-24-16-25-14-18)28-21(15-30)27-12-17-4-3-7-23-11-17/h3-7,11,13-16H,2,8-10,12H2,1H3,(H,26,29)(H,27,28). The molecule has 0 saturated heterocycles. The number of aldehydes is 1. The van der Waals surface area contributed by atoms with Gasteiger partial charge < -0.3 is 15.4 Å². The molecule has 2 N–H and O–H groups in total. The number of pyridine rings is 2. The second-order valence-electron chi connectivity index (χ2n) is 6.56. The maximum atomic E-state index is 11.6. The Morgan fingerprint density at radius 3 is 2.74 bits per heavy atom. The van der Waals surface area contributed by atoms with Gasteiger partial charge in [0.05, 0.1) is 24.5 Å². The second-order valence-corrected chi connectivity index (χ2v) is 6.56. The van der Waals surface area contributed by atoms with Crippen LogP contribution in [-0.4, -0.2) is 51.8 Å². The van der Waals surface area contributed by atoms with E-state index in [0.717, 1.165) is 17.5 Å². The molecule has 31 heavy (non-hydrogen) atoms. The summed E-state index contributed by atoms with van der Waals surface area (Å²) in [7, 11) is 0. The Morgan fingerprint density at radius 2 is 2.00 bits per heavy atom. The second kappa shape index (κ2) is 12.1. The molecule has 0 atom stereocenters. The van der Waals surface area contributed by atoms with Gasteiger partial charge in [0.2, 0.25) is 0 Å². The first-order chi connectivity index (χ1) is 15.3. The van der Waals surface area contributed by atoms with Crippen molar-refractivity contribution >= 4 is 23.6 Å². The van der Waals surface area contributed by atoms with Crippen LogP contribution < -0.4 is 10.6 Å². The lowest BCUT2D eigenvalue weighted by atomic mass is 10.2. The maximum Gasteiger partial charge on any atom is 0.185 e. The summed E-state index contributed by atoms with van der Waals surface area (Å²) in [6.07, 6.45) is 9.92. The van der Waals surface area contributed by atoms with Crippen molar-refractivity contribution in [2.24, 2.45) is 4.99 Å². The van der Waals surface area contributed by atoms with Crippen molar-refractivity contribution in [3.8, 4) is 11.3 Å². The fourth-order valence-corrected chi connectivity index (χ4v) is 2.69. The predicted octanol–water partition coefficient (Wildman–Crippen LogP) is 2.98. The molecule has 0 bridgehead atoms. The quantitative estimate of drug-likeness (QED) is 0.211. The molecule has 0 aliphatic rings. The van der Waals surface area contributed by atoms with E-state index >= 15 is 0 Å². The minimum Gasteiger partial charge on any atom is -0.380 e. The first kappa shape index (κ1) is 22.0. The number of anilines is 2. The molecule has 0 fully saturated rings. The Balaban J connectivity index is 1.78. The molecule has 3 heterocycles. The maximum absolute atomic E-state index is 11.6. The van der Waals surface area contributed by atoms with E-state index in [4.69, 9.17) is 4.74 Å². The molecule has 160 valence electrons. The van der Waals surface area contributed by atoms with E-state index in [-0.39, 0.29) is 5.84 Å². The molecule has 0 aliphatic heterocycles. The minimum absolute atomic E-state index is 0.201. The van der Waals surface area contributed by atoms with Gasteiger partial charge in [-0.25, -0.2) is 15.0 Å². The van der Waals surface area contributed by atoms with E-state index in [9.17, 15) is 4.79 Å². The number of nitrogens with one attached hydrogen (secondary N) is 2. The number of ether oxygens (including phenoxy) is 1. The largest absolute Gasteiger partial charge is 0.380 e. The molecule has 0 amide bonds. The molecule has 3 aromatic heterocycles. The van der Waals surface area contributed by atoms with Crippen LogP contribution in [0.2, 0.25) is 0 Å². The zero-order chi connectivity index (χ0) is 21.7. The first-order valence-corrected chi connectivity index (χ1v) is 10.0. The van der Waals surface area contributed by atoms with Gasteiger partial charge in [-0.05, 0) is 30.2 Å². The van der Waals surface area contributed by atoms with E-state index in [0.29, 0.717) is 49.8 Å². The third-order valence-corrected chi connectivity index (χ3v) is 4.17. The highest BCUT2D eigenvalue weighted by molar-refractivity contribution is 6.33. The smallest absolute Gasteiger partial charge is 0.185 e. The molecule has 3 rings (SSSR count). The predicted molar refractivity (Wildman–Crippen MR) is 120 cm³/mol. The molecule has 0 spiro atoms. The van der Waals surface area contributed by atoms with Crippen LogP contribution in [0.3, 0.4) is 0 Å². The lowest BCUT2D eigenvalue weighted by molar-refractivity contribution is -0.102. The van der Waals surface area contributed by atoms with E-state index < -0.39 is 0 Å². The lowest BCUT2D eigenvalue weighted by Crippen LogP contribution is -2.18. The highest BCUT2D eigenvalue weighted by Crippen LogP contribution is 2.24. The zero-order valence-electron chi connectivity index (χ0n) is 17.4. The summed E-state index contributed by atoms with van der Waals surface area (Å²) in [4.78, 5) is 32.8. The highest BCUT2D eigenvalue weighted by Gasteiger charge is 2.10. The van der Waals surface area contributed by atoms with Crippen molar-refractivity contribution in [1.29, 1.82) is 0 Å². The number of aromatic nitrogens is 4. The molecule has 3 aromatic rings. The molecule has 0 unspecified atom stereocenters. The average molecular weight is 419 g/mol. The Bertz CT molecular complexity index is 982. The summed E-state index contributed by atoms with van der Waals surface area (Å²) in [5.74, 6) is 0.782. The first-order valence-electron chi connectivity index (χ1n) is 10.0. The topological polar surface area (TPSA) is 114 Å². The van der Waals surface area contributed by atoms with Crippen molar-refractivity contribution < 1.29 is 9.53 Å². The van der Waals surface area contributed by atoms with E-state index in [1.54, 1.807) is 24.8 Å². The fourth-order valence-electron chi connectivity index (χ4n) is 2.69. The van der Waals surface area contributed by atoms with Gasteiger partial charge in [0, 0.05) is 43.5 Å². The van der Waals surface area contributed by atoms with Gasteiger partial charge in [-0.2, -0.15) is 0 Å². The van der Waals surface area contributed by atoms with E-state index in [2.05, 4.69) is 42.5 Å². The van der Waals surface area contributed by atoms with Gasteiger partial charge in [-0.3, -0.25) is 14.8 Å².